The molecule has 4 heteroatoms. The Morgan fingerprint density at radius 3 is 2.50 bits per heavy atom. The second kappa shape index (κ2) is 2.81. The summed E-state index contributed by atoms with van der Waals surface area (Å²) in [6.07, 6.45) is 0. The monoisotopic (exact) mass is 170 g/mol. The van der Waals surface area contributed by atoms with Crippen LogP contribution in [-0.4, -0.2) is 16.0 Å². The van der Waals surface area contributed by atoms with Crippen LogP contribution in [0.2, 0.25) is 0 Å². The summed E-state index contributed by atoms with van der Waals surface area (Å²) in [5.74, 6) is -2.46. The fraction of sp³-hybridized carbons (Fsp3) is 0.125. The van der Waals surface area contributed by atoms with Crippen molar-refractivity contribution in [2.75, 3.05) is 0 Å². The lowest BCUT2D eigenvalue weighted by Gasteiger charge is -2.02. The highest BCUT2D eigenvalue weighted by Crippen LogP contribution is 2.29. The van der Waals surface area contributed by atoms with E-state index in [9.17, 15) is 9.18 Å². The van der Waals surface area contributed by atoms with Gasteiger partial charge in [0.25, 0.3) is 0 Å². The normalized spacial score (nSPS) is 9.83. The van der Waals surface area contributed by atoms with E-state index in [2.05, 4.69) is 0 Å². The number of ketones is 1. The Balaban J connectivity index is 3.37. The zero-order chi connectivity index (χ0) is 9.30. The third kappa shape index (κ3) is 1.37. The van der Waals surface area contributed by atoms with Gasteiger partial charge >= 0.3 is 0 Å². The number of aromatic hydroxyl groups is 2. The number of carbonyl (C=O) groups excluding carboxylic acids is 1. The summed E-state index contributed by atoms with van der Waals surface area (Å²) in [7, 11) is 0. The minimum absolute atomic E-state index is 0.215. The Hall–Kier alpha value is -1.58. The number of carbonyl (C=O) groups is 1. The fourth-order valence-corrected chi connectivity index (χ4v) is 0.853. The van der Waals surface area contributed by atoms with Crippen molar-refractivity contribution in [2.24, 2.45) is 0 Å². The van der Waals surface area contributed by atoms with E-state index >= 15 is 0 Å². The first-order chi connectivity index (χ1) is 5.52. The number of rotatable bonds is 1. The van der Waals surface area contributed by atoms with E-state index in [0.717, 1.165) is 12.1 Å². The molecular formula is C8H7FO3. The van der Waals surface area contributed by atoms with Crippen LogP contribution in [0.25, 0.3) is 0 Å². The van der Waals surface area contributed by atoms with Crippen molar-refractivity contribution in [1.82, 2.24) is 0 Å². The van der Waals surface area contributed by atoms with Gasteiger partial charge in [-0.2, -0.15) is 0 Å². The Morgan fingerprint density at radius 1 is 1.42 bits per heavy atom. The molecule has 0 atom stereocenters. The van der Waals surface area contributed by atoms with Crippen molar-refractivity contribution in [2.45, 2.75) is 6.92 Å². The van der Waals surface area contributed by atoms with Gasteiger partial charge in [0.2, 0.25) is 0 Å². The lowest BCUT2D eigenvalue weighted by Crippen LogP contribution is -1.93. The zero-order valence-electron chi connectivity index (χ0n) is 6.34. The summed E-state index contributed by atoms with van der Waals surface area (Å²) < 4.78 is 12.5. The number of phenols is 2. The van der Waals surface area contributed by atoms with Gasteiger partial charge in [-0.05, 0) is 13.0 Å². The third-order valence-corrected chi connectivity index (χ3v) is 1.43. The maximum atomic E-state index is 12.5. The average Bonchev–Trinajstić information content (AvgIpc) is 1.96. The maximum absolute atomic E-state index is 12.5. The van der Waals surface area contributed by atoms with Gasteiger partial charge in [-0.1, -0.05) is 0 Å². The lowest BCUT2D eigenvalue weighted by atomic mass is 10.1. The molecule has 12 heavy (non-hydrogen) atoms. The zero-order valence-corrected chi connectivity index (χ0v) is 6.34. The van der Waals surface area contributed by atoms with Crippen molar-refractivity contribution >= 4 is 5.78 Å². The molecule has 0 aliphatic rings. The van der Waals surface area contributed by atoms with Crippen LogP contribution in [0.4, 0.5) is 4.39 Å². The van der Waals surface area contributed by atoms with E-state index in [0.29, 0.717) is 0 Å². The molecule has 0 aliphatic carbocycles. The number of halogens is 1. The highest BCUT2D eigenvalue weighted by molar-refractivity contribution is 5.97. The molecule has 0 spiro atoms. The van der Waals surface area contributed by atoms with Gasteiger partial charge in [0.05, 0.1) is 5.56 Å². The SMILES string of the molecule is CC(=O)c1cc(F)cc(O)c1O. The molecule has 1 rings (SSSR count). The van der Waals surface area contributed by atoms with Crippen LogP contribution in [0.15, 0.2) is 12.1 Å². The minimum Gasteiger partial charge on any atom is -0.504 e. The molecular weight excluding hydrogens is 163 g/mol. The molecule has 0 saturated carbocycles. The highest BCUT2D eigenvalue weighted by Gasteiger charge is 2.12. The topological polar surface area (TPSA) is 57.5 Å². The molecule has 2 N–H and O–H groups in total. The minimum atomic E-state index is -0.754. The van der Waals surface area contributed by atoms with Crippen molar-refractivity contribution in [3.63, 3.8) is 0 Å². The van der Waals surface area contributed by atoms with E-state index in [4.69, 9.17) is 10.2 Å². The molecule has 0 aliphatic heterocycles. The molecule has 0 fully saturated rings. The molecule has 0 bridgehead atoms. The second-order valence-corrected chi connectivity index (χ2v) is 2.38. The van der Waals surface area contributed by atoms with Crippen LogP contribution < -0.4 is 0 Å². The number of hydrogen-bond acceptors (Lipinski definition) is 3. The van der Waals surface area contributed by atoms with Gasteiger partial charge < -0.3 is 10.2 Å². The highest BCUT2D eigenvalue weighted by atomic mass is 19.1. The van der Waals surface area contributed by atoms with Crippen LogP contribution >= 0.6 is 0 Å². The molecule has 0 saturated heterocycles. The molecule has 0 unspecified atom stereocenters. The number of phenolic OH excluding ortho intramolecular Hbond substituents is 2. The first-order valence-corrected chi connectivity index (χ1v) is 3.25. The third-order valence-electron chi connectivity index (χ3n) is 1.43. The van der Waals surface area contributed by atoms with E-state index in [1.807, 2.05) is 0 Å². The van der Waals surface area contributed by atoms with E-state index in [1.54, 1.807) is 0 Å². The van der Waals surface area contributed by atoms with E-state index < -0.39 is 23.1 Å². The predicted molar refractivity (Wildman–Crippen MR) is 39.7 cm³/mol. The second-order valence-electron chi connectivity index (χ2n) is 2.38. The standard InChI is InChI=1S/C8H7FO3/c1-4(10)6-2-5(9)3-7(11)8(6)12/h2-3,11-12H,1H3. The molecule has 0 aromatic heterocycles. The Kier molecular flexibility index (Phi) is 1.99. The first-order valence-electron chi connectivity index (χ1n) is 3.25. The van der Waals surface area contributed by atoms with Gasteiger partial charge in [0, 0.05) is 6.07 Å². The van der Waals surface area contributed by atoms with Gasteiger partial charge in [0.1, 0.15) is 5.82 Å². The van der Waals surface area contributed by atoms with Crippen LogP contribution in [0.1, 0.15) is 17.3 Å². The Labute approximate surface area is 68.1 Å². The van der Waals surface area contributed by atoms with E-state index in [1.165, 1.54) is 6.92 Å². The summed E-state index contributed by atoms with van der Waals surface area (Å²) >= 11 is 0. The molecule has 3 nitrogen and oxygen atoms in total. The molecule has 64 valence electrons. The maximum Gasteiger partial charge on any atom is 0.168 e. The van der Waals surface area contributed by atoms with Crippen LogP contribution in [0.3, 0.4) is 0 Å². The number of hydrogen-bond donors (Lipinski definition) is 2. The molecule has 1 aromatic carbocycles. The first kappa shape index (κ1) is 8.52. The van der Waals surface area contributed by atoms with Crippen molar-refractivity contribution in [1.29, 1.82) is 0 Å². The van der Waals surface area contributed by atoms with Crippen LogP contribution in [0.5, 0.6) is 11.5 Å². The van der Waals surface area contributed by atoms with Gasteiger partial charge in [-0.25, -0.2) is 4.39 Å². The Bertz CT molecular complexity index is 333. The molecule has 0 radical (unpaired) electrons. The van der Waals surface area contributed by atoms with Crippen LogP contribution in [-0.2, 0) is 0 Å². The number of benzene rings is 1. The predicted octanol–water partition coefficient (Wildman–Crippen LogP) is 1.44. The Morgan fingerprint density at radius 2 is 2.00 bits per heavy atom. The average molecular weight is 170 g/mol. The summed E-state index contributed by atoms with van der Waals surface area (Å²) in [4.78, 5) is 10.7. The fourth-order valence-electron chi connectivity index (χ4n) is 0.853. The smallest absolute Gasteiger partial charge is 0.168 e. The molecule has 1 aromatic rings. The largest absolute Gasteiger partial charge is 0.504 e. The summed E-state index contributed by atoms with van der Waals surface area (Å²) in [6, 6.07) is 1.61. The van der Waals surface area contributed by atoms with Gasteiger partial charge in [-0.15, -0.1) is 0 Å². The van der Waals surface area contributed by atoms with E-state index in [-0.39, 0.29) is 5.56 Å². The summed E-state index contributed by atoms with van der Waals surface area (Å²) in [5, 5.41) is 17.9. The van der Waals surface area contributed by atoms with Crippen molar-refractivity contribution < 1.29 is 19.4 Å². The quantitative estimate of drug-likeness (QED) is 0.495. The summed E-state index contributed by atoms with van der Waals surface area (Å²) in [5.41, 5.74) is -0.215. The molecule has 0 heterocycles. The van der Waals surface area contributed by atoms with Gasteiger partial charge in [0.15, 0.2) is 17.3 Å². The number of Topliss-reactive ketones (excluding diaryl/α,β-unsaturated/α-hetero) is 1. The van der Waals surface area contributed by atoms with Crippen molar-refractivity contribution in [3.8, 4) is 11.5 Å². The lowest BCUT2D eigenvalue weighted by molar-refractivity contribution is 0.101. The summed E-state index contributed by atoms with van der Waals surface area (Å²) in [6.45, 7) is 1.17. The molecule has 0 amide bonds. The van der Waals surface area contributed by atoms with Gasteiger partial charge in [-0.3, -0.25) is 4.79 Å². The van der Waals surface area contributed by atoms with Crippen LogP contribution in [0, 0.1) is 5.82 Å². The van der Waals surface area contributed by atoms with Crippen molar-refractivity contribution in [3.05, 3.63) is 23.5 Å².